The van der Waals surface area contributed by atoms with Crippen LogP contribution in [0.15, 0.2) is 40.3 Å². The van der Waals surface area contributed by atoms with Crippen molar-refractivity contribution < 1.29 is 9.53 Å². The molecule has 2 aromatic rings. The van der Waals surface area contributed by atoms with E-state index in [0.717, 1.165) is 24.3 Å². The van der Waals surface area contributed by atoms with Crippen molar-refractivity contribution in [2.45, 2.75) is 44.0 Å². The number of thioether (sulfide) groups is 1. The lowest BCUT2D eigenvalue weighted by molar-refractivity contribution is -0.115. The molecule has 1 atom stereocenters. The van der Waals surface area contributed by atoms with E-state index in [1.807, 2.05) is 26.0 Å². The molecular weight excluding hydrogens is 338 g/mol. The Hall–Kier alpha value is -2.28. The number of amides is 1. The first-order chi connectivity index (χ1) is 12.0. The quantitative estimate of drug-likeness (QED) is 0.557. The number of ether oxygens (including phenoxy) is 1. The van der Waals surface area contributed by atoms with Gasteiger partial charge in [-0.15, -0.1) is 0 Å². The van der Waals surface area contributed by atoms with Crippen molar-refractivity contribution in [1.82, 2.24) is 9.97 Å². The van der Waals surface area contributed by atoms with E-state index in [0.29, 0.717) is 17.5 Å². The Balaban J connectivity index is 1.99. The Morgan fingerprint density at radius 1 is 1.32 bits per heavy atom. The van der Waals surface area contributed by atoms with E-state index in [2.05, 4.69) is 15.3 Å². The number of H-pyrrole nitrogens is 1. The Bertz CT molecular complexity index is 759. The van der Waals surface area contributed by atoms with Crippen LogP contribution in [0, 0.1) is 0 Å². The number of aryl methyl sites for hydroxylation is 1. The molecule has 1 aromatic heterocycles. The van der Waals surface area contributed by atoms with E-state index in [1.165, 1.54) is 17.8 Å². The van der Waals surface area contributed by atoms with Crippen LogP contribution < -0.4 is 15.6 Å². The number of aromatic amines is 1. The molecule has 25 heavy (non-hydrogen) atoms. The molecule has 0 saturated carbocycles. The largest absolute Gasteiger partial charge is 0.494 e. The number of nitrogens with one attached hydrogen (secondary N) is 2. The molecule has 0 radical (unpaired) electrons. The summed E-state index contributed by atoms with van der Waals surface area (Å²) in [7, 11) is 0. The fraction of sp³-hybridized carbons (Fsp3) is 0.389. The van der Waals surface area contributed by atoms with Crippen molar-refractivity contribution in [2.75, 3.05) is 11.9 Å². The molecule has 0 aliphatic rings. The molecule has 0 saturated heterocycles. The van der Waals surface area contributed by atoms with Gasteiger partial charge in [0, 0.05) is 17.4 Å². The third-order valence-electron chi connectivity index (χ3n) is 3.37. The van der Waals surface area contributed by atoms with Crippen LogP contribution in [-0.4, -0.2) is 27.7 Å². The van der Waals surface area contributed by atoms with Gasteiger partial charge in [0.05, 0.1) is 11.9 Å². The first kappa shape index (κ1) is 19.1. The Morgan fingerprint density at radius 3 is 2.68 bits per heavy atom. The van der Waals surface area contributed by atoms with Gasteiger partial charge in [-0.3, -0.25) is 9.59 Å². The summed E-state index contributed by atoms with van der Waals surface area (Å²) in [5, 5.41) is 2.92. The predicted molar refractivity (Wildman–Crippen MR) is 100 cm³/mol. The molecule has 1 aromatic carbocycles. The predicted octanol–water partition coefficient (Wildman–Crippen LogP) is 3.24. The van der Waals surface area contributed by atoms with Crippen LogP contribution in [0.3, 0.4) is 0 Å². The second-order valence-corrected chi connectivity index (χ2v) is 6.83. The number of carbonyl (C=O) groups excluding carboxylic acids is 1. The molecule has 7 heteroatoms. The van der Waals surface area contributed by atoms with E-state index < -0.39 is 5.25 Å². The Labute approximate surface area is 151 Å². The highest BCUT2D eigenvalue weighted by atomic mass is 32.2. The number of aromatic nitrogens is 2. The van der Waals surface area contributed by atoms with Crippen molar-refractivity contribution >= 4 is 23.4 Å². The third kappa shape index (κ3) is 5.94. The van der Waals surface area contributed by atoms with E-state index >= 15 is 0 Å². The number of anilines is 1. The molecule has 0 aliphatic carbocycles. The highest BCUT2D eigenvalue weighted by Crippen LogP contribution is 2.21. The van der Waals surface area contributed by atoms with Crippen LogP contribution in [-0.2, 0) is 11.2 Å². The normalized spacial score (nSPS) is 11.8. The maximum Gasteiger partial charge on any atom is 0.251 e. The number of nitrogens with zero attached hydrogens (tertiary/aromatic N) is 1. The van der Waals surface area contributed by atoms with Gasteiger partial charge in [0.15, 0.2) is 5.16 Å². The van der Waals surface area contributed by atoms with E-state index in [9.17, 15) is 9.59 Å². The number of benzene rings is 1. The molecule has 0 unspecified atom stereocenters. The van der Waals surface area contributed by atoms with Gasteiger partial charge < -0.3 is 15.0 Å². The molecule has 1 heterocycles. The highest BCUT2D eigenvalue weighted by Gasteiger charge is 2.16. The molecule has 6 nitrogen and oxygen atoms in total. The molecule has 0 bridgehead atoms. The van der Waals surface area contributed by atoms with Crippen molar-refractivity contribution in [1.29, 1.82) is 0 Å². The van der Waals surface area contributed by atoms with Crippen LogP contribution in [0.5, 0.6) is 5.75 Å². The number of hydrogen-bond acceptors (Lipinski definition) is 5. The van der Waals surface area contributed by atoms with Gasteiger partial charge in [0.2, 0.25) is 5.91 Å². The monoisotopic (exact) mass is 361 g/mol. The van der Waals surface area contributed by atoms with Crippen LogP contribution >= 0.6 is 11.8 Å². The minimum Gasteiger partial charge on any atom is -0.494 e. The number of rotatable bonds is 8. The zero-order valence-corrected chi connectivity index (χ0v) is 15.5. The summed E-state index contributed by atoms with van der Waals surface area (Å²) in [4.78, 5) is 31.1. The van der Waals surface area contributed by atoms with Crippen molar-refractivity contribution in [3.63, 3.8) is 0 Å². The molecule has 0 fully saturated rings. The lowest BCUT2D eigenvalue weighted by Crippen LogP contribution is -2.23. The zero-order valence-electron chi connectivity index (χ0n) is 14.7. The van der Waals surface area contributed by atoms with E-state index in [-0.39, 0.29) is 11.5 Å². The fourth-order valence-electron chi connectivity index (χ4n) is 2.19. The average molecular weight is 361 g/mol. The van der Waals surface area contributed by atoms with Gasteiger partial charge in [-0.05, 0) is 44.5 Å². The SMILES string of the molecule is CCCc1cc(=O)[nH]c(S[C@H](C)C(=O)Nc2ccc(OCC)cc2)n1. The first-order valence-electron chi connectivity index (χ1n) is 8.32. The van der Waals surface area contributed by atoms with Crippen LogP contribution in [0.4, 0.5) is 5.69 Å². The maximum atomic E-state index is 12.3. The van der Waals surface area contributed by atoms with Crippen LogP contribution in [0.2, 0.25) is 0 Å². The summed E-state index contributed by atoms with van der Waals surface area (Å²) in [5.74, 6) is 0.607. The van der Waals surface area contributed by atoms with Crippen LogP contribution in [0.25, 0.3) is 0 Å². The second-order valence-electron chi connectivity index (χ2n) is 5.50. The van der Waals surface area contributed by atoms with E-state index in [4.69, 9.17) is 4.74 Å². The summed E-state index contributed by atoms with van der Waals surface area (Å²) < 4.78 is 5.38. The van der Waals surface area contributed by atoms with Crippen LogP contribution in [0.1, 0.15) is 32.9 Å². The van der Waals surface area contributed by atoms with Crippen molar-refractivity contribution in [3.05, 3.63) is 46.4 Å². The minimum absolute atomic E-state index is 0.155. The number of hydrogen-bond donors (Lipinski definition) is 2. The van der Waals surface area contributed by atoms with Gasteiger partial charge in [0.1, 0.15) is 5.75 Å². The standard InChI is InChI=1S/C18H23N3O3S/c1-4-6-14-11-16(22)21-18(20-14)25-12(3)17(23)19-13-7-9-15(10-8-13)24-5-2/h7-12H,4-6H2,1-3H3,(H,19,23)(H,20,21,22)/t12-/m1/s1. The van der Waals surface area contributed by atoms with E-state index in [1.54, 1.807) is 19.1 Å². The Morgan fingerprint density at radius 2 is 2.04 bits per heavy atom. The lowest BCUT2D eigenvalue weighted by atomic mass is 10.2. The average Bonchev–Trinajstić information content (AvgIpc) is 2.56. The summed E-state index contributed by atoms with van der Waals surface area (Å²) in [6, 6.07) is 8.71. The third-order valence-corrected chi connectivity index (χ3v) is 4.35. The topological polar surface area (TPSA) is 84.1 Å². The van der Waals surface area contributed by atoms with Gasteiger partial charge in [-0.1, -0.05) is 25.1 Å². The lowest BCUT2D eigenvalue weighted by Gasteiger charge is -2.12. The second kappa shape index (κ2) is 9.27. The molecule has 2 rings (SSSR count). The van der Waals surface area contributed by atoms with Gasteiger partial charge in [-0.2, -0.15) is 0 Å². The molecule has 1 amide bonds. The fourth-order valence-corrected chi connectivity index (χ4v) is 3.02. The highest BCUT2D eigenvalue weighted by molar-refractivity contribution is 8.00. The molecule has 0 spiro atoms. The molecule has 0 aliphatic heterocycles. The first-order valence-corrected chi connectivity index (χ1v) is 9.20. The molecule has 2 N–H and O–H groups in total. The summed E-state index contributed by atoms with van der Waals surface area (Å²) in [6.45, 7) is 6.33. The Kier molecular flexibility index (Phi) is 7.06. The van der Waals surface area contributed by atoms with Gasteiger partial charge in [0.25, 0.3) is 5.56 Å². The van der Waals surface area contributed by atoms with Crippen molar-refractivity contribution in [3.8, 4) is 5.75 Å². The summed E-state index contributed by atoms with van der Waals surface area (Å²) in [5.41, 5.74) is 1.25. The van der Waals surface area contributed by atoms with Crippen molar-refractivity contribution in [2.24, 2.45) is 0 Å². The van der Waals surface area contributed by atoms with Gasteiger partial charge in [-0.25, -0.2) is 4.98 Å². The smallest absolute Gasteiger partial charge is 0.251 e. The molecular formula is C18H23N3O3S. The summed E-state index contributed by atoms with van der Waals surface area (Å²) >= 11 is 1.23. The minimum atomic E-state index is -0.397. The number of carbonyl (C=O) groups is 1. The van der Waals surface area contributed by atoms with Gasteiger partial charge >= 0.3 is 0 Å². The molecule has 134 valence electrons. The summed E-state index contributed by atoms with van der Waals surface area (Å²) in [6.07, 6.45) is 1.65. The maximum absolute atomic E-state index is 12.3. The zero-order chi connectivity index (χ0) is 18.2.